The van der Waals surface area contributed by atoms with Crippen LogP contribution in [0.2, 0.25) is 10.0 Å². The van der Waals surface area contributed by atoms with Gasteiger partial charge in [0.1, 0.15) is 0 Å². The van der Waals surface area contributed by atoms with E-state index in [-0.39, 0.29) is 75.8 Å². The number of nitrogens with two attached hydrogens (primary N) is 1. The average Bonchev–Trinajstić information content (AvgIpc) is 3.92. The van der Waals surface area contributed by atoms with Gasteiger partial charge in [0.25, 0.3) is 5.91 Å². The van der Waals surface area contributed by atoms with Crippen molar-refractivity contribution in [2.75, 3.05) is 11.1 Å². The molecule has 1 amide bonds. The summed E-state index contributed by atoms with van der Waals surface area (Å²) in [6, 6.07) is 19.4. The van der Waals surface area contributed by atoms with Crippen LogP contribution in [-0.2, 0) is 6.42 Å². The molecule has 272 valence electrons. The second kappa shape index (κ2) is 18.2. The van der Waals surface area contributed by atoms with Gasteiger partial charge in [-0.15, -0.1) is 0 Å². The zero-order chi connectivity index (χ0) is 37.4. The number of rotatable bonds is 7. The van der Waals surface area contributed by atoms with E-state index >= 15 is 0 Å². The molecule has 0 aliphatic rings. The highest BCUT2D eigenvalue weighted by molar-refractivity contribution is 6.33. The Morgan fingerprint density at radius 1 is 0.849 bits per heavy atom. The Balaban J connectivity index is 0.000000196. The largest absolute Gasteiger partial charge is 1.00 e. The third kappa shape index (κ3) is 10.7. The Kier molecular flexibility index (Phi) is 13.7. The van der Waals surface area contributed by atoms with E-state index in [9.17, 15) is 14.4 Å². The van der Waals surface area contributed by atoms with Crippen LogP contribution in [-0.4, -0.2) is 42.8 Å². The molecule has 13 nitrogen and oxygen atoms in total. The van der Waals surface area contributed by atoms with E-state index in [1.807, 2.05) is 19.9 Å². The number of carboxylic acid groups (broad SMARTS) is 1. The van der Waals surface area contributed by atoms with Gasteiger partial charge in [-0.25, -0.2) is 14.8 Å². The van der Waals surface area contributed by atoms with E-state index in [1.54, 1.807) is 67.0 Å². The number of ketones is 1. The Hall–Kier alpha value is -5.71. The maximum Gasteiger partial charge on any atom is 0.337 e. The van der Waals surface area contributed by atoms with Crippen molar-refractivity contribution in [2.24, 2.45) is 0 Å². The number of pyridine rings is 2. The first-order valence-corrected chi connectivity index (χ1v) is 16.0. The average molecular weight is 869 g/mol. The number of benzene rings is 2. The van der Waals surface area contributed by atoms with E-state index in [0.717, 1.165) is 11.1 Å². The monoisotopic (exact) mass is 868 g/mol. The fourth-order valence-electron chi connectivity index (χ4n) is 4.52. The highest BCUT2D eigenvalue weighted by Gasteiger charge is 2.16. The molecule has 0 spiro atoms. The van der Waals surface area contributed by atoms with Crippen molar-refractivity contribution in [1.82, 2.24) is 15.0 Å². The van der Waals surface area contributed by atoms with Gasteiger partial charge in [-0.1, -0.05) is 29.3 Å². The van der Waals surface area contributed by atoms with Crippen LogP contribution in [0, 0.1) is 13.8 Å². The molecule has 16 heteroatoms. The number of amides is 1. The summed E-state index contributed by atoms with van der Waals surface area (Å²) in [6.45, 7) is 3.76. The lowest BCUT2D eigenvalue weighted by atomic mass is 10.0. The number of aromatic nitrogens is 3. The van der Waals surface area contributed by atoms with Crippen molar-refractivity contribution in [3.63, 3.8) is 0 Å². The number of aryl methyl sites for hydroxylation is 2. The maximum atomic E-state index is 12.1. The topological polar surface area (TPSA) is 208 Å². The molecule has 5 aromatic heterocycles. The Labute approximate surface area is 328 Å². The first-order chi connectivity index (χ1) is 24.9. The van der Waals surface area contributed by atoms with E-state index in [0.29, 0.717) is 39.0 Å². The summed E-state index contributed by atoms with van der Waals surface area (Å²) in [4.78, 5) is 47.1. The number of carboxylic acids is 1. The summed E-state index contributed by atoms with van der Waals surface area (Å²) in [6.07, 6.45) is 6.25. The number of nitrogens with zero attached hydrogens (tertiary/aromatic N) is 3. The minimum absolute atomic E-state index is 0. The highest BCUT2D eigenvalue weighted by Crippen LogP contribution is 2.32. The summed E-state index contributed by atoms with van der Waals surface area (Å²) in [5, 5.41) is 21.2. The second-order valence-electron chi connectivity index (χ2n) is 11.1. The molecular weight excluding hydrogens is 840 g/mol. The van der Waals surface area contributed by atoms with Gasteiger partial charge in [-0.05, 0) is 97.3 Å². The fraction of sp³-hybridized carbons (Fsp3) is 0.0811. The third-order valence-corrected chi connectivity index (χ3v) is 7.70. The zero-order valence-corrected chi connectivity index (χ0v) is 31.5. The van der Waals surface area contributed by atoms with Gasteiger partial charge in [-0.3, -0.25) is 9.59 Å². The van der Waals surface area contributed by atoms with Crippen molar-refractivity contribution in [1.29, 1.82) is 0 Å². The first-order valence-electron chi connectivity index (χ1n) is 15.3. The molecular formula is C37H29Cl2IN5O8-. The van der Waals surface area contributed by atoms with Gasteiger partial charge in [0.15, 0.2) is 34.3 Å². The van der Waals surface area contributed by atoms with E-state index < -0.39 is 5.97 Å². The number of fused-ring (bicyclic) bond motifs is 1. The van der Waals surface area contributed by atoms with Gasteiger partial charge in [-0.2, -0.15) is 4.98 Å². The number of furan rings is 2. The molecule has 0 atom stereocenters. The van der Waals surface area contributed by atoms with E-state index in [4.69, 9.17) is 52.4 Å². The molecule has 5 heterocycles. The lowest BCUT2D eigenvalue weighted by Crippen LogP contribution is -3.00. The number of nitrogen functional groups attached to an aromatic ring is 1. The molecule has 5 N–H and O–H groups in total. The molecule has 0 aliphatic carbocycles. The van der Waals surface area contributed by atoms with Crippen molar-refractivity contribution in [3.05, 3.63) is 142 Å². The van der Waals surface area contributed by atoms with Crippen molar-refractivity contribution >= 4 is 63.6 Å². The molecule has 53 heavy (non-hydrogen) atoms. The number of anilines is 2. The lowest BCUT2D eigenvalue weighted by molar-refractivity contribution is -0.0000422. The molecule has 2 aromatic carbocycles. The number of hydrogen-bond acceptors (Lipinski definition) is 11. The summed E-state index contributed by atoms with van der Waals surface area (Å²) in [5.74, 6) is -0.637. The summed E-state index contributed by atoms with van der Waals surface area (Å²) in [7, 11) is 0. The number of Topliss-reactive ketones (excluding diaryl/α,β-unsaturated/α-hetero) is 1. The van der Waals surface area contributed by atoms with Crippen LogP contribution in [0.4, 0.5) is 11.5 Å². The lowest BCUT2D eigenvalue weighted by Gasteiger charge is -2.06. The molecule has 0 saturated carbocycles. The second-order valence-corrected chi connectivity index (χ2v) is 11.9. The highest BCUT2D eigenvalue weighted by atomic mass is 127. The van der Waals surface area contributed by atoms with E-state index in [2.05, 4.69) is 20.3 Å². The van der Waals surface area contributed by atoms with Crippen LogP contribution in [0.3, 0.4) is 0 Å². The molecule has 0 bridgehead atoms. The van der Waals surface area contributed by atoms with Crippen LogP contribution in [0.1, 0.15) is 48.2 Å². The number of nitrogens with one attached hydrogen (secondary N) is 1. The van der Waals surface area contributed by atoms with Gasteiger partial charge < -0.3 is 58.5 Å². The Morgan fingerprint density at radius 3 is 2.15 bits per heavy atom. The van der Waals surface area contributed by atoms with Gasteiger partial charge >= 0.3 is 5.97 Å². The van der Waals surface area contributed by atoms with Crippen LogP contribution < -0.4 is 35.0 Å². The molecule has 7 rings (SSSR count). The van der Waals surface area contributed by atoms with Gasteiger partial charge in [0.05, 0.1) is 33.7 Å². The number of carbonyl (C=O) groups excluding carboxylic acids is 2. The van der Waals surface area contributed by atoms with Crippen molar-refractivity contribution in [2.45, 2.75) is 20.3 Å². The molecule has 7 aromatic rings. The van der Waals surface area contributed by atoms with Crippen molar-refractivity contribution in [3.8, 4) is 17.2 Å². The SMILES string of the molecule is Cc1cnc(N)c(O)c1.Cc1cnc2nc(-c3cc(NC(=O)c4ccco4)ccc3Cl)oc2c1.O=C(Cc1ccc(Cl)c(C(=O)O)c1)c1ccco1.[I-]. The standard InChI is InChI=1S/C18H12ClN3O3.C13H9ClO4.C6H8N2O.HI/c1-10-7-15-16(20-9-10)22-18(25-15)12-8-11(4-5-13(12)19)21-17(23)14-3-2-6-24-14;14-10-4-3-8(6-9(10)13(16)17)7-11(15)12-2-1-5-18-12;1-4-2-5(9)6(7)8-3-4;/h2-9H,1H3,(H,21,23);1-6H,7H2,(H,16,17);2-3,9H,1H3,(H2,7,8);1H/p-1. The molecule has 0 fully saturated rings. The molecule has 0 unspecified atom stereocenters. The number of aromatic carboxylic acids is 1. The Bertz CT molecular complexity index is 2360. The van der Waals surface area contributed by atoms with Crippen molar-refractivity contribution < 1.29 is 61.8 Å². The predicted molar refractivity (Wildman–Crippen MR) is 194 cm³/mol. The third-order valence-electron chi connectivity index (χ3n) is 7.04. The molecule has 0 radical (unpaired) electrons. The number of hydrogen-bond donors (Lipinski definition) is 4. The minimum atomic E-state index is -1.12. The van der Waals surface area contributed by atoms with Crippen LogP contribution >= 0.6 is 23.2 Å². The fourth-order valence-corrected chi connectivity index (χ4v) is 4.92. The normalized spacial score (nSPS) is 10.3. The van der Waals surface area contributed by atoms with Crippen LogP contribution in [0.15, 0.2) is 111 Å². The predicted octanol–water partition coefficient (Wildman–Crippen LogP) is 5.44. The molecule has 0 saturated heterocycles. The zero-order valence-electron chi connectivity index (χ0n) is 27.8. The summed E-state index contributed by atoms with van der Waals surface area (Å²) in [5.41, 5.74) is 9.87. The maximum absolute atomic E-state index is 12.1. The Morgan fingerprint density at radius 2 is 1.51 bits per heavy atom. The number of aromatic hydroxyl groups is 1. The van der Waals surface area contributed by atoms with Crippen LogP contribution in [0.5, 0.6) is 5.75 Å². The first kappa shape index (κ1) is 40.1. The summed E-state index contributed by atoms with van der Waals surface area (Å²) < 4.78 is 15.8. The van der Waals surface area contributed by atoms with Crippen LogP contribution in [0.25, 0.3) is 22.7 Å². The summed E-state index contributed by atoms with van der Waals surface area (Å²) >= 11 is 12.0. The smallest absolute Gasteiger partial charge is 0.337 e. The number of oxazole rings is 1. The quantitative estimate of drug-likeness (QED) is 0.117. The van der Waals surface area contributed by atoms with Gasteiger partial charge in [0, 0.05) is 24.5 Å². The number of carbonyl (C=O) groups is 3. The van der Waals surface area contributed by atoms with Gasteiger partial charge in [0.2, 0.25) is 11.7 Å². The molecule has 0 aliphatic heterocycles. The minimum Gasteiger partial charge on any atom is -1.00 e. The van der Waals surface area contributed by atoms with E-state index in [1.165, 1.54) is 24.7 Å². The number of halogens is 3.